The van der Waals surface area contributed by atoms with E-state index in [0.29, 0.717) is 24.8 Å². The molecule has 98 valence electrons. The minimum Gasteiger partial charge on any atom is -0.480 e. The molecule has 0 radical (unpaired) electrons. The van der Waals surface area contributed by atoms with Gasteiger partial charge in [-0.05, 0) is 31.4 Å². The van der Waals surface area contributed by atoms with Crippen molar-refractivity contribution in [3.63, 3.8) is 0 Å². The minimum atomic E-state index is -1.04. The lowest BCUT2D eigenvalue weighted by Crippen LogP contribution is -2.33. The van der Waals surface area contributed by atoms with Gasteiger partial charge in [-0.1, -0.05) is 0 Å². The quantitative estimate of drug-likeness (QED) is 0.594. The summed E-state index contributed by atoms with van der Waals surface area (Å²) >= 11 is 0. The fraction of sp³-hybridized carbons (Fsp3) is 0.417. The summed E-state index contributed by atoms with van der Waals surface area (Å²) in [6.07, 6.45) is 4.29. The van der Waals surface area contributed by atoms with E-state index in [1.807, 2.05) is 0 Å². The largest absolute Gasteiger partial charge is 0.480 e. The van der Waals surface area contributed by atoms with Crippen molar-refractivity contribution in [1.29, 1.82) is 0 Å². The van der Waals surface area contributed by atoms with Crippen molar-refractivity contribution >= 4 is 11.8 Å². The molecule has 0 aromatic carbocycles. The molecular weight excluding hydrogens is 234 g/mol. The van der Waals surface area contributed by atoms with E-state index in [2.05, 4.69) is 4.98 Å². The number of aromatic nitrogens is 1. The normalized spacial score (nSPS) is 13.9. The van der Waals surface area contributed by atoms with Crippen LogP contribution in [0.15, 0.2) is 24.5 Å². The number of aliphatic carboxylic acids is 1. The van der Waals surface area contributed by atoms with Crippen LogP contribution in [0, 0.1) is 0 Å². The number of carboxylic acids is 1. The van der Waals surface area contributed by atoms with Crippen LogP contribution in [0.2, 0.25) is 0 Å². The Balaban J connectivity index is 2.40. The summed E-state index contributed by atoms with van der Waals surface area (Å²) in [6.45, 7) is 0. The lowest BCUT2D eigenvalue weighted by molar-refractivity contribution is -0.138. The van der Waals surface area contributed by atoms with E-state index >= 15 is 0 Å². The average molecular weight is 251 g/mol. The van der Waals surface area contributed by atoms with Gasteiger partial charge in [-0.3, -0.25) is 14.6 Å². The smallest absolute Gasteiger partial charge is 0.320 e. The number of pyridine rings is 1. The van der Waals surface area contributed by atoms with Crippen LogP contribution in [0.4, 0.5) is 0 Å². The maximum absolute atomic E-state index is 11.9. The number of rotatable bonds is 7. The Morgan fingerprint density at radius 3 is 2.28 bits per heavy atom. The molecule has 6 nitrogen and oxygen atoms in total. The van der Waals surface area contributed by atoms with Gasteiger partial charge in [0.1, 0.15) is 6.04 Å². The lowest BCUT2D eigenvalue weighted by atomic mass is 9.99. The number of Topliss-reactive ketones (excluding diaryl/α,β-unsaturated/α-hetero) is 1. The Labute approximate surface area is 105 Å². The molecule has 0 spiro atoms. The maximum atomic E-state index is 11.9. The molecule has 0 aliphatic heterocycles. The van der Waals surface area contributed by atoms with Gasteiger partial charge in [0.15, 0.2) is 5.78 Å². The predicted octanol–water partition coefficient (Wildman–Crippen LogP) is 0.174. The highest BCUT2D eigenvalue weighted by Crippen LogP contribution is 2.07. The van der Waals surface area contributed by atoms with Gasteiger partial charge < -0.3 is 16.6 Å². The van der Waals surface area contributed by atoms with Gasteiger partial charge in [0.2, 0.25) is 0 Å². The lowest BCUT2D eigenvalue weighted by Gasteiger charge is -2.11. The molecule has 2 atom stereocenters. The Morgan fingerprint density at radius 1 is 1.17 bits per heavy atom. The summed E-state index contributed by atoms with van der Waals surface area (Å²) in [5, 5.41) is 8.60. The first-order valence-electron chi connectivity index (χ1n) is 5.70. The summed E-state index contributed by atoms with van der Waals surface area (Å²) in [6, 6.07) is 1.68. The first-order valence-corrected chi connectivity index (χ1v) is 5.70. The summed E-state index contributed by atoms with van der Waals surface area (Å²) in [5.74, 6) is -1.20. The van der Waals surface area contributed by atoms with Gasteiger partial charge in [0.05, 0.1) is 6.04 Å². The zero-order chi connectivity index (χ0) is 13.5. The van der Waals surface area contributed by atoms with Gasteiger partial charge >= 0.3 is 5.97 Å². The highest BCUT2D eigenvalue weighted by molar-refractivity contribution is 5.99. The number of hydrogen-bond acceptors (Lipinski definition) is 5. The van der Waals surface area contributed by atoms with Crippen LogP contribution in [0.1, 0.15) is 29.6 Å². The minimum absolute atomic E-state index is 0.165. The fourth-order valence-corrected chi connectivity index (χ4v) is 1.54. The van der Waals surface area contributed by atoms with Crippen LogP contribution < -0.4 is 11.5 Å². The molecule has 1 aromatic rings. The molecule has 5 N–H and O–H groups in total. The molecule has 0 fully saturated rings. The third-order valence-corrected chi connectivity index (χ3v) is 2.65. The third kappa shape index (κ3) is 4.23. The number of carboxylic acid groups (broad SMARTS) is 1. The first-order chi connectivity index (χ1) is 8.52. The third-order valence-electron chi connectivity index (χ3n) is 2.65. The standard InChI is InChI=1S/C12H17N3O3/c13-9(2-1-3-10(14)12(17)18)11(16)8-4-6-15-7-5-8/h4-7,9-10H,1-3,13-14H2,(H,17,18). The number of carbonyl (C=O) groups is 2. The van der Waals surface area contributed by atoms with Crippen LogP contribution in [0.5, 0.6) is 0 Å². The van der Waals surface area contributed by atoms with E-state index < -0.39 is 18.1 Å². The molecule has 0 aliphatic carbocycles. The molecule has 18 heavy (non-hydrogen) atoms. The molecular formula is C12H17N3O3. The van der Waals surface area contributed by atoms with Crippen LogP contribution >= 0.6 is 0 Å². The predicted molar refractivity (Wildman–Crippen MR) is 66.0 cm³/mol. The second kappa shape index (κ2) is 6.83. The summed E-state index contributed by atoms with van der Waals surface area (Å²) < 4.78 is 0. The summed E-state index contributed by atoms with van der Waals surface area (Å²) in [4.78, 5) is 26.2. The topological polar surface area (TPSA) is 119 Å². The molecule has 2 unspecified atom stereocenters. The van der Waals surface area contributed by atoms with Crippen molar-refractivity contribution in [3.05, 3.63) is 30.1 Å². The van der Waals surface area contributed by atoms with Crippen molar-refractivity contribution in [3.8, 4) is 0 Å². The highest BCUT2D eigenvalue weighted by atomic mass is 16.4. The highest BCUT2D eigenvalue weighted by Gasteiger charge is 2.17. The monoisotopic (exact) mass is 251 g/mol. The molecule has 0 amide bonds. The number of hydrogen-bond donors (Lipinski definition) is 3. The van der Waals surface area contributed by atoms with Crippen LogP contribution in [-0.2, 0) is 4.79 Å². The van der Waals surface area contributed by atoms with Crippen LogP contribution in [0.25, 0.3) is 0 Å². The fourth-order valence-electron chi connectivity index (χ4n) is 1.54. The van der Waals surface area contributed by atoms with Crippen molar-refractivity contribution in [2.45, 2.75) is 31.3 Å². The van der Waals surface area contributed by atoms with E-state index in [9.17, 15) is 9.59 Å². The number of nitrogens with zero attached hydrogens (tertiary/aromatic N) is 1. The van der Waals surface area contributed by atoms with Crippen molar-refractivity contribution < 1.29 is 14.7 Å². The van der Waals surface area contributed by atoms with Crippen LogP contribution in [0.3, 0.4) is 0 Å². The van der Waals surface area contributed by atoms with E-state index in [-0.39, 0.29) is 5.78 Å². The molecule has 1 aromatic heterocycles. The number of ketones is 1. The molecule has 1 rings (SSSR count). The van der Waals surface area contributed by atoms with E-state index in [0.717, 1.165) is 0 Å². The van der Waals surface area contributed by atoms with Crippen molar-refractivity contribution in [1.82, 2.24) is 4.98 Å². The number of carbonyl (C=O) groups excluding carboxylic acids is 1. The summed E-state index contributed by atoms with van der Waals surface area (Å²) in [7, 11) is 0. The zero-order valence-electron chi connectivity index (χ0n) is 9.95. The second-order valence-electron chi connectivity index (χ2n) is 4.08. The van der Waals surface area contributed by atoms with E-state index in [1.165, 1.54) is 12.4 Å². The molecule has 0 saturated carbocycles. The molecule has 0 aliphatic rings. The molecule has 0 saturated heterocycles. The Bertz CT molecular complexity index is 408. The van der Waals surface area contributed by atoms with Gasteiger partial charge in [-0.25, -0.2) is 0 Å². The second-order valence-corrected chi connectivity index (χ2v) is 4.08. The van der Waals surface area contributed by atoms with E-state index in [4.69, 9.17) is 16.6 Å². The average Bonchev–Trinajstić information content (AvgIpc) is 2.38. The SMILES string of the molecule is NC(CCCC(N)C(=O)c1ccncc1)C(=O)O. The maximum Gasteiger partial charge on any atom is 0.320 e. The van der Waals surface area contributed by atoms with Crippen molar-refractivity contribution in [2.75, 3.05) is 0 Å². The molecule has 0 bridgehead atoms. The van der Waals surface area contributed by atoms with Gasteiger partial charge in [-0.2, -0.15) is 0 Å². The molecule has 1 heterocycles. The van der Waals surface area contributed by atoms with Crippen molar-refractivity contribution in [2.24, 2.45) is 11.5 Å². The number of nitrogens with two attached hydrogens (primary N) is 2. The Hall–Kier alpha value is -1.79. The zero-order valence-corrected chi connectivity index (χ0v) is 9.95. The van der Waals surface area contributed by atoms with Crippen LogP contribution in [-0.4, -0.2) is 33.9 Å². The van der Waals surface area contributed by atoms with Gasteiger partial charge in [0, 0.05) is 18.0 Å². The Morgan fingerprint density at radius 2 is 1.72 bits per heavy atom. The van der Waals surface area contributed by atoms with Gasteiger partial charge in [-0.15, -0.1) is 0 Å². The molecule has 6 heteroatoms. The Kier molecular flexibility index (Phi) is 5.41. The van der Waals surface area contributed by atoms with E-state index in [1.54, 1.807) is 12.1 Å². The summed E-state index contributed by atoms with van der Waals surface area (Å²) in [5.41, 5.74) is 11.6. The first kappa shape index (κ1) is 14.3. The van der Waals surface area contributed by atoms with Gasteiger partial charge in [0.25, 0.3) is 0 Å².